The van der Waals surface area contributed by atoms with Gasteiger partial charge in [-0.3, -0.25) is 4.90 Å². The van der Waals surface area contributed by atoms with Crippen LogP contribution in [-0.4, -0.2) is 25.1 Å². The molecule has 1 rings (SSSR count). The van der Waals surface area contributed by atoms with Crippen LogP contribution in [0.15, 0.2) is 24.3 Å². The number of nitrogens with zero attached hydrogens (tertiary/aromatic N) is 1. The predicted octanol–water partition coefficient (Wildman–Crippen LogP) is 6.93. The normalized spacial score (nSPS) is 13.8. The van der Waals surface area contributed by atoms with E-state index in [1.807, 2.05) is 6.07 Å². The Labute approximate surface area is 163 Å². The summed E-state index contributed by atoms with van der Waals surface area (Å²) in [4.78, 5) is 2.72. The number of hydrogen-bond donors (Lipinski definition) is 0. The predicted molar refractivity (Wildman–Crippen MR) is 115 cm³/mol. The second kappa shape index (κ2) is 14.1. The van der Waals surface area contributed by atoms with Crippen LogP contribution < -0.4 is 4.74 Å². The maximum absolute atomic E-state index is 5.43. The van der Waals surface area contributed by atoms with E-state index in [0.29, 0.717) is 0 Å². The second-order valence-corrected chi connectivity index (χ2v) is 7.88. The van der Waals surface area contributed by atoms with Gasteiger partial charge in [-0.2, -0.15) is 0 Å². The van der Waals surface area contributed by atoms with Crippen LogP contribution >= 0.6 is 0 Å². The Morgan fingerprint density at radius 3 is 1.92 bits per heavy atom. The summed E-state index contributed by atoms with van der Waals surface area (Å²) in [5, 5.41) is 0. The average Bonchev–Trinajstić information content (AvgIpc) is 2.68. The summed E-state index contributed by atoms with van der Waals surface area (Å²) >= 11 is 0. The van der Waals surface area contributed by atoms with Crippen molar-refractivity contribution in [2.45, 2.75) is 85.6 Å². The lowest BCUT2D eigenvalue weighted by Gasteiger charge is -2.30. The van der Waals surface area contributed by atoms with Crippen LogP contribution in [-0.2, 0) is 6.54 Å². The van der Waals surface area contributed by atoms with E-state index < -0.39 is 0 Å². The minimum Gasteiger partial charge on any atom is -0.497 e. The molecule has 0 amide bonds. The van der Waals surface area contributed by atoms with Crippen molar-refractivity contribution >= 4 is 0 Å². The third-order valence-corrected chi connectivity index (χ3v) is 5.66. The first-order valence-electron chi connectivity index (χ1n) is 11.0. The molecule has 26 heavy (non-hydrogen) atoms. The van der Waals surface area contributed by atoms with Crippen molar-refractivity contribution in [3.05, 3.63) is 29.8 Å². The number of methoxy groups -OCH3 is 1. The van der Waals surface area contributed by atoms with Crippen molar-refractivity contribution in [2.24, 2.45) is 11.8 Å². The van der Waals surface area contributed by atoms with E-state index in [1.54, 1.807) is 7.11 Å². The highest BCUT2D eigenvalue weighted by Crippen LogP contribution is 2.22. The van der Waals surface area contributed by atoms with Crippen LogP contribution in [0, 0.1) is 11.8 Å². The summed E-state index contributed by atoms with van der Waals surface area (Å²) in [6, 6.07) is 8.61. The third kappa shape index (κ3) is 9.07. The molecule has 0 N–H and O–H groups in total. The standard InChI is InChI=1S/C24H43NO/c1-6-10-13-21(8-3)18-25(19-22(9-4)14-11-7-2)20-23-15-12-16-24(17-23)26-5/h12,15-17,21-22H,6-11,13-14,18-20H2,1-5H3. The summed E-state index contributed by atoms with van der Waals surface area (Å²) < 4.78 is 5.43. The Bertz CT molecular complexity index is 441. The number of benzene rings is 1. The molecule has 2 atom stereocenters. The third-order valence-electron chi connectivity index (χ3n) is 5.66. The van der Waals surface area contributed by atoms with Crippen molar-refractivity contribution in [1.82, 2.24) is 4.90 Å². The molecule has 2 nitrogen and oxygen atoms in total. The lowest BCUT2D eigenvalue weighted by molar-refractivity contribution is 0.174. The minimum atomic E-state index is 0.823. The summed E-state index contributed by atoms with van der Waals surface area (Å²) in [6.07, 6.45) is 10.7. The van der Waals surface area contributed by atoms with E-state index in [2.05, 4.69) is 50.8 Å². The van der Waals surface area contributed by atoms with Crippen LogP contribution in [0.1, 0.15) is 84.6 Å². The zero-order valence-electron chi connectivity index (χ0n) is 18.1. The van der Waals surface area contributed by atoms with Crippen molar-refractivity contribution < 1.29 is 4.74 Å². The van der Waals surface area contributed by atoms with Gasteiger partial charge in [0.1, 0.15) is 5.75 Å². The van der Waals surface area contributed by atoms with Crippen molar-refractivity contribution in [1.29, 1.82) is 0 Å². The largest absolute Gasteiger partial charge is 0.497 e. The fourth-order valence-electron chi connectivity index (χ4n) is 3.80. The Morgan fingerprint density at radius 1 is 0.885 bits per heavy atom. The van der Waals surface area contributed by atoms with Crippen LogP contribution in [0.25, 0.3) is 0 Å². The molecule has 0 radical (unpaired) electrons. The topological polar surface area (TPSA) is 12.5 Å². The second-order valence-electron chi connectivity index (χ2n) is 7.88. The van der Waals surface area contributed by atoms with Crippen LogP contribution in [0.5, 0.6) is 5.75 Å². The molecule has 1 aromatic carbocycles. The average molecular weight is 362 g/mol. The number of ether oxygens (including phenoxy) is 1. The Kier molecular flexibility index (Phi) is 12.5. The number of rotatable bonds is 15. The van der Waals surface area contributed by atoms with Gasteiger partial charge in [0.15, 0.2) is 0 Å². The Morgan fingerprint density at radius 2 is 1.46 bits per heavy atom. The molecule has 0 saturated heterocycles. The fraction of sp³-hybridized carbons (Fsp3) is 0.750. The first-order chi connectivity index (χ1) is 12.7. The first kappa shape index (κ1) is 23.0. The number of hydrogen-bond acceptors (Lipinski definition) is 2. The molecule has 150 valence electrons. The van der Waals surface area contributed by atoms with E-state index in [1.165, 1.54) is 70.0 Å². The molecule has 0 aromatic heterocycles. The maximum atomic E-state index is 5.43. The van der Waals surface area contributed by atoms with Gasteiger partial charge in [-0.15, -0.1) is 0 Å². The molecule has 0 saturated carbocycles. The SMILES string of the molecule is CCCCC(CC)CN(Cc1cccc(OC)c1)CC(CC)CCCC. The highest BCUT2D eigenvalue weighted by atomic mass is 16.5. The highest BCUT2D eigenvalue weighted by molar-refractivity contribution is 5.28. The molecule has 2 unspecified atom stereocenters. The van der Waals surface area contributed by atoms with Gasteiger partial charge in [0.25, 0.3) is 0 Å². The molecule has 0 heterocycles. The fourth-order valence-corrected chi connectivity index (χ4v) is 3.80. The monoisotopic (exact) mass is 361 g/mol. The highest BCUT2D eigenvalue weighted by Gasteiger charge is 2.17. The molecule has 0 aliphatic heterocycles. The molecule has 0 spiro atoms. The van der Waals surface area contributed by atoms with Gasteiger partial charge in [-0.25, -0.2) is 0 Å². The molecule has 0 fully saturated rings. The summed E-state index contributed by atoms with van der Waals surface area (Å²) in [6.45, 7) is 12.8. The lowest BCUT2D eigenvalue weighted by atomic mass is 9.95. The van der Waals surface area contributed by atoms with E-state index in [4.69, 9.17) is 4.74 Å². The van der Waals surface area contributed by atoms with Crippen LogP contribution in [0.4, 0.5) is 0 Å². The van der Waals surface area contributed by atoms with E-state index in [-0.39, 0.29) is 0 Å². The lowest BCUT2D eigenvalue weighted by Crippen LogP contribution is -2.33. The quantitative estimate of drug-likeness (QED) is 0.336. The molecule has 0 aliphatic rings. The van der Waals surface area contributed by atoms with Crippen LogP contribution in [0.3, 0.4) is 0 Å². The summed E-state index contributed by atoms with van der Waals surface area (Å²) in [5.74, 6) is 2.62. The minimum absolute atomic E-state index is 0.823. The van der Waals surface area contributed by atoms with Crippen molar-refractivity contribution in [3.63, 3.8) is 0 Å². The molecule has 2 heteroatoms. The van der Waals surface area contributed by atoms with Gasteiger partial charge >= 0.3 is 0 Å². The van der Waals surface area contributed by atoms with Crippen molar-refractivity contribution in [2.75, 3.05) is 20.2 Å². The number of unbranched alkanes of at least 4 members (excludes halogenated alkanes) is 2. The van der Waals surface area contributed by atoms with E-state index in [0.717, 1.165) is 24.1 Å². The van der Waals surface area contributed by atoms with Gasteiger partial charge in [0, 0.05) is 19.6 Å². The van der Waals surface area contributed by atoms with Gasteiger partial charge < -0.3 is 4.74 Å². The van der Waals surface area contributed by atoms with Crippen LogP contribution in [0.2, 0.25) is 0 Å². The summed E-state index contributed by atoms with van der Waals surface area (Å²) in [5.41, 5.74) is 1.38. The summed E-state index contributed by atoms with van der Waals surface area (Å²) in [7, 11) is 1.76. The van der Waals surface area contributed by atoms with E-state index >= 15 is 0 Å². The molecular formula is C24H43NO. The van der Waals surface area contributed by atoms with E-state index in [9.17, 15) is 0 Å². The molecule has 1 aromatic rings. The van der Waals surface area contributed by atoms with Crippen molar-refractivity contribution in [3.8, 4) is 5.75 Å². The maximum Gasteiger partial charge on any atom is 0.119 e. The Hall–Kier alpha value is -1.02. The zero-order valence-corrected chi connectivity index (χ0v) is 18.1. The Balaban J connectivity index is 2.80. The smallest absolute Gasteiger partial charge is 0.119 e. The van der Waals surface area contributed by atoms with Gasteiger partial charge in [-0.05, 0) is 42.4 Å². The molecular weight excluding hydrogens is 318 g/mol. The molecule has 0 aliphatic carbocycles. The zero-order chi connectivity index (χ0) is 19.2. The van der Waals surface area contributed by atoms with Gasteiger partial charge in [0.2, 0.25) is 0 Å². The molecule has 0 bridgehead atoms. The van der Waals surface area contributed by atoms with Gasteiger partial charge in [-0.1, -0.05) is 78.4 Å². The first-order valence-corrected chi connectivity index (χ1v) is 11.0. The van der Waals surface area contributed by atoms with Gasteiger partial charge in [0.05, 0.1) is 7.11 Å².